The Morgan fingerprint density at radius 1 is 1.32 bits per heavy atom. The third-order valence-corrected chi connectivity index (χ3v) is 6.57. The molecule has 0 amide bonds. The summed E-state index contributed by atoms with van der Waals surface area (Å²) in [5.41, 5.74) is 1.20. The SMILES string of the molecule is CN1CC(CN2CCC(c3cc(NCc4ccc(Cl)s4)[nH]n3)CC2)C1. The van der Waals surface area contributed by atoms with E-state index in [1.54, 1.807) is 11.3 Å². The predicted molar refractivity (Wildman–Crippen MR) is 105 cm³/mol. The molecule has 2 aliphatic heterocycles. The molecule has 2 aromatic heterocycles. The van der Waals surface area contributed by atoms with E-state index in [9.17, 15) is 0 Å². The van der Waals surface area contributed by atoms with Gasteiger partial charge in [-0.15, -0.1) is 11.3 Å². The Kier molecular flexibility index (Phi) is 5.31. The highest BCUT2D eigenvalue weighted by molar-refractivity contribution is 7.16. The van der Waals surface area contributed by atoms with Gasteiger partial charge in [0.05, 0.1) is 16.6 Å². The number of likely N-dealkylation sites (tertiary alicyclic amines) is 2. The molecule has 2 N–H and O–H groups in total. The fraction of sp³-hybridized carbons (Fsp3) is 0.611. The topological polar surface area (TPSA) is 47.2 Å². The maximum absolute atomic E-state index is 5.98. The van der Waals surface area contributed by atoms with Crippen LogP contribution in [0.4, 0.5) is 5.82 Å². The fourth-order valence-corrected chi connectivity index (χ4v) is 5.01. The molecule has 0 atom stereocenters. The van der Waals surface area contributed by atoms with E-state index < -0.39 is 0 Å². The summed E-state index contributed by atoms with van der Waals surface area (Å²) in [6, 6.07) is 6.18. The number of thiophene rings is 1. The molecule has 2 fully saturated rings. The molecular weight excluding hydrogens is 354 g/mol. The number of hydrogen-bond acceptors (Lipinski definition) is 5. The van der Waals surface area contributed by atoms with Gasteiger partial charge >= 0.3 is 0 Å². The molecule has 5 nitrogen and oxygen atoms in total. The van der Waals surface area contributed by atoms with Crippen LogP contribution in [0, 0.1) is 5.92 Å². The number of hydrogen-bond donors (Lipinski definition) is 2. The first-order valence-corrected chi connectivity index (χ1v) is 10.3. The van der Waals surface area contributed by atoms with Crippen molar-refractivity contribution in [2.75, 3.05) is 45.1 Å². The summed E-state index contributed by atoms with van der Waals surface area (Å²) in [5.74, 6) is 2.47. The van der Waals surface area contributed by atoms with Crippen molar-refractivity contribution >= 4 is 28.8 Å². The highest BCUT2D eigenvalue weighted by Crippen LogP contribution is 2.29. The summed E-state index contributed by atoms with van der Waals surface area (Å²) >= 11 is 7.59. The number of H-pyrrole nitrogens is 1. The van der Waals surface area contributed by atoms with Crippen LogP contribution in [-0.4, -0.2) is 59.8 Å². The molecule has 2 aliphatic rings. The van der Waals surface area contributed by atoms with Crippen LogP contribution in [0.2, 0.25) is 4.34 Å². The number of aromatic amines is 1. The Balaban J connectivity index is 1.23. The lowest BCUT2D eigenvalue weighted by atomic mass is 9.92. The van der Waals surface area contributed by atoms with Gasteiger partial charge in [-0.3, -0.25) is 5.10 Å². The second-order valence-corrected chi connectivity index (χ2v) is 9.23. The van der Waals surface area contributed by atoms with Crippen LogP contribution < -0.4 is 5.32 Å². The molecule has 0 aliphatic carbocycles. The fourth-order valence-electron chi connectivity index (χ4n) is 3.99. The lowest BCUT2D eigenvalue weighted by Gasteiger charge is -2.41. The summed E-state index contributed by atoms with van der Waals surface area (Å²) in [4.78, 5) is 6.27. The Morgan fingerprint density at radius 2 is 2.12 bits per heavy atom. The van der Waals surface area contributed by atoms with Gasteiger partial charge < -0.3 is 15.1 Å². The number of nitrogens with one attached hydrogen (secondary N) is 2. The average Bonchev–Trinajstić information content (AvgIpc) is 3.21. The van der Waals surface area contributed by atoms with E-state index in [1.165, 1.54) is 56.1 Å². The van der Waals surface area contributed by atoms with Gasteiger partial charge in [-0.2, -0.15) is 5.10 Å². The standard InChI is InChI=1S/C18H26ClN5S/c1-23-10-13(11-23)12-24-6-4-14(5-7-24)16-8-18(22-21-16)20-9-15-2-3-17(19)25-15/h2-3,8,13-14H,4-7,9-12H2,1H3,(H2,20,21,22). The van der Waals surface area contributed by atoms with Gasteiger partial charge in [-0.05, 0) is 51.0 Å². The Labute approximate surface area is 158 Å². The lowest BCUT2D eigenvalue weighted by Crippen LogP contribution is -2.50. The van der Waals surface area contributed by atoms with Crippen molar-refractivity contribution in [1.82, 2.24) is 20.0 Å². The second kappa shape index (κ2) is 7.66. The Bertz CT molecular complexity index is 685. The average molecular weight is 380 g/mol. The Morgan fingerprint density at radius 3 is 2.80 bits per heavy atom. The van der Waals surface area contributed by atoms with Gasteiger partial charge in [-0.1, -0.05) is 11.6 Å². The smallest absolute Gasteiger partial charge is 0.121 e. The molecule has 0 saturated carbocycles. The summed E-state index contributed by atoms with van der Waals surface area (Å²) in [6.45, 7) is 7.00. The van der Waals surface area contributed by atoms with Crippen LogP contribution in [-0.2, 0) is 6.54 Å². The quantitative estimate of drug-likeness (QED) is 0.806. The summed E-state index contributed by atoms with van der Waals surface area (Å²) in [6.07, 6.45) is 2.43. The number of halogens is 1. The number of nitrogens with zero attached hydrogens (tertiary/aromatic N) is 3. The molecule has 0 unspecified atom stereocenters. The normalized spacial score (nSPS) is 20.7. The molecule has 4 heterocycles. The zero-order chi connectivity index (χ0) is 17.2. The van der Waals surface area contributed by atoms with Gasteiger partial charge in [-0.25, -0.2) is 0 Å². The molecule has 136 valence electrons. The van der Waals surface area contributed by atoms with Crippen molar-refractivity contribution < 1.29 is 0 Å². The van der Waals surface area contributed by atoms with E-state index in [1.807, 2.05) is 6.07 Å². The molecule has 4 rings (SSSR count). The van der Waals surface area contributed by atoms with Crippen LogP contribution in [0.15, 0.2) is 18.2 Å². The molecule has 0 aromatic carbocycles. The van der Waals surface area contributed by atoms with Gasteiger partial charge in [0.1, 0.15) is 5.82 Å². The number of anilines is 1. The highest BCUT2D eigenvalue weighted by Gasteiger charge is 2.28. The van der Waals surface area contributed by atoms with E-state index in [-0.39, 0.29) is 0 Å². The van der Waals surface area contributed by atoms with E-state index in [0.29, 0.717) is 5.92 Å². The third kappa shape index (κ3) is 4.37. The summed E-state index contributed by atoms with van der Waals surface area (Å²) in [7, 11) is 2.21. The van der Waals surface area contributed by atoms with Crippen LogP contribution >= 0.6 is 22.9 Å². The van der Waals surface area contributed by atoms with Crippen molar-refractivity contribution in [1.29, 1.82) is 0 Å². The lowest BCUT2D eigenvalue weighted by molar-refractivity contribution is 0.0795. The van der Waals surface area contributed by atoms with Crippen molar-refractivity contribution in [2.24, 2.45) is 5.92 Å². The van der Waals surface area contributed by atoms with Gasteiger partial charge in [0.25, 0.3) is 0 Å². The second-order valence-electron chi connectivity index (χ2n) is 7.43. The van der Waals surface area contributed by atoms with Gasteiger partial charge in [0.2, 0.25) is 0 Å². The minimum atomic E-state index is 0.586. The molecule has 0 radical (unpaired) electrons. The monoisotopic (exact) mass is 379 g/mol. The maximum atomic E-state index is 5.98. The van der Waals surface area contributed by atoms with E-state index in [0.717, 1.165) is 22.6 Å². The van der Waals surface area contributed by atoms with Crippen LogP contribution in [0.1, 0.15) is 29.3 Å². The van der Waals surface area contributed by atoms with Crippen molar-refractivity contribution in [3.8, 4) is 0 Å². The molecule has 0 spiro atoms. The summed E-state index contributed by atoms with van der Waals surface area (Å²) in [5, 5.41) is 11.1. The predicted octanol–water partition coefficient (Wildman–Crippen LogP) is 3.48. The van der Waals surface area contributed by atoms with Crippen molar-refractivity contribution in [2.45, 2.75) is 25.3 Å². The molecular formula is C18H26ClN5S. The number of piperidine rings is 1. The minimum Gasteiger partial charge on any atom is -0.366 e. The van der Waals surface area contributed by atoms with E-state index in [2.05, 4.69) is 44.5 Å². The van der Waals surface area contributed by atoms with Crippen LogP contribution in [0.5, 0.6) is 0 Å². The third-order valence-electron chi connectivity index (χ3n) is 5.34. The van der Waals surface area contributed by atoms with Crippen LogP contribution in [0.3, 0.4) is 0 Å². The van der Waals surface area contributed by atoms with Gasteiger partial charge in [0.15, 0.2) is 0 Å². The summed E-state index contributed by atoms with van der Waals surface area (Å²) < 4.78 is 0.836. The first-order valence-electron chi connectivity index (χ1n) is 9.10. The van der Waals surface area contributed by atoms with E-state index >= 15 is 0 Å². The van der Waals surface area contributed by atoms with E-state index in [4.69, 9.17) is 11.6 Å². The minimum absolute atomic E-state index is 0.586. The molecule has 25 heavy (non-hydrogen) atoms. The zero-order valence-corrected chi connectivity index (χ0v) is 16.2. The molecule has 0 bridgehead atoms. The molecule has 2 saturated heterocycles. The first-order chi connectivity index (χ1) is 12.2. The first kappa shape index (κ1) is 17.3. The Hall–Kier alpha value is -1.08. The highest BCUT2D eigenvalue weighted by atomic mass is 35.5. The van der Waals surface area contributed by atoms with Crippen LogP contribution in [0.25, 0.3) is 0 Å². The largest absolute Gasteiger partial charge is 0.366 e. The van der Waals surface area contributed by atoms with Gasteiger partial charge in [0, 0.05) is 36.5 Å². The van der Waals surface area contributed by atoms with Crippen molar-refractivity contribution in [3.63, 3.8) is 0 Å². The zero-order valence-electron chi connectivity index (χ0n) is 14.7. The maximum Gasteiger partial charge on any atom is 0.121 e. The number of aromatic nitrogens is 2. The molecule has 7 heteroatoms. The molecule has 2 aromatic rings. The van der Waals surface area contributed by atoms with Crippen molar-refractivity contribution in [3.05, 3.63) is 33.1 Å². The number of rotatable bonds is 6.